The van der Waals surface area contributed by atoms with E-state index >= 15 is 0 Å². The van der Waals surface area contributed by atoms with E-state index in [1.807, 2.05) is 11.3 Å². The Morgan fingerprint density at radius 2 is 2.11 bits per heavy atom. The van der Waals surface area contributed by atoms with Gasteiger partial charge < -0.3 is 5.32 Å². The van der Waals surface area contributed by atoms with Gasteiger partial charge in [0.2, 0.25) is 0 Å². The summed E-state index contributed by atoms with van der Waals surface area (Å²) in [5.74, 6) is 0. The summed E-state index contributed by atoms with van der Waals surface area (Å²) in [6.07, 6.45) is 2.64. The Labute approximate surface area is 121 Å². The third-order valence-corrected chi connectivity index (χ3v) is 5.32. The fourth-order valence-corrected chi connectivity index (χ4v) is 4.07. The van der Waals surface area contributed by atoms with Gasteiger partial charge in [0.25, 0.3) is 0 Å². The van der Waals surface area contributed by atoms with E-state index in [0.29, 0.717) is 18.1 Å². The number of nitrogens with zero attached hydrogens (tertiary/aromatic N) is 2. The highest BCUT2D eigenvalue weighted by atomic mass is 32.1. The number of hydrogen-bond donors (Lipinski definition) is 1. The van der Waals surface area contributed by atoms with Crippen molar-refractivity contribution >= 4 is 11.3 Å². The number of nitrogens with one attached hydrogen (secondary N) is 1. The van der Waals surface area contributed by atoms with Crippen molar-refractivity contribution < 1.29 is 0 Å². The molecular weight excluding hydrogens is 254 g/mol. The molecule has 2 atom stereocenters. The van der Waals surface area contributed by atoms with E-state index in [0.717, 1.165) is 6.54 Å². The van der Waals surface area contributed by atoms with E-state index in [4.69, 9.17) is 0 Å². The van der Waals surface area contributed by atoms with Gasteiger partial charge in [0.1, 0.15) is 0 Å². The Morgan fingerprint density at radius 3 is 2.58 bits per heavy atom. The highest BCUT2D eigenvalue weighted by Gasteiger charge is 2.26. The molecular formula is C15H27N3S. The topological polar surface area (TPSA) is 28.2 Å². The lowest BCUT2D eigenvalue weighted by Crippen LogP contribution is -2.42. The van der Waals surface area contributed by atoms with Gasteiger partial charge in [-0.25, -0.2) is 4.98 Å². The molecule has 1 aliphatic rings. The molecule has 108 valence electrons. The van der Waals surface area contributed by atoms with Gasteiger partial charge in [-0.05, 0) is 54.0 Å². The van der Waals surface area contributed by atoms with E-state index in [2.05, 4.69) is 49.8 Å². The number of rotatable bonds is 5. The van der Waals surface area contributed by atoms with Gasteiger partial charge in [-0.15, -0.1) is 11.3 Å². The molecule has 1 fully saturated rings. The summed E-state index contributed by atoms with van der Waals surface area (Å²) in [5, 5.41) is 4.80. The molecule has 1 saturated heterocycles. The van der Waals surface area contributed by atoms with E-state index in [-0.39, 0.29) is 0 Å². The van der Waals surface area contributed by atoms with Gasteiger partial charge in [-0.3, -0.25) is 4.90 Å². The largest absolute Gasteiger partial charge is 0.313 e. The van der Waals surface area contributed by atoms with E-state index in [1.165, 1.54) is 35.0 Å². The molecule has 1 aromatic heterocycles. The van der Waals surface area contributed by atoms with Crippen molar-refractivity contribution in [2.75, 3.05) is 13.1 Å². The lowest BCUT2D eigenvalue weighted by Gasteiger charge is -2.34. The molecule has 2 rings (SSSR count). The van der Waals surface area contributed by atoms with Crippen LogP contribution < -0.4 is 5.32 Å². The molecule has 0 radical (unpaired) electrons. The zero-order chi connectivity index (χ0) is 14.0. The fourth-order valence-electron chi connectivity index (χ4n) is 3.07. The molecule has 4 heteroatoms. The Kier molecular flexibility index (Phi) is 4.98. The molecule has 19 heavy (non-hydrogen) atoms. The molecule has 2 unspecified atom stereocenters. The van der Waals surface area contributed by atoms with Crippen LogP contribution >= 0.6 is 11.3 Å². The zero-order valence-corrected chi connectivity index (χ0v) is 13.7. The minimum absolute atomic E-state index is 0.466. The Balaban J connectivity index is 2.11. The lowest BCUT2D eigenvalue weighted by molar-refractivity contribution is 0.151. The van der Waals surface area contributed by atoms with Gasteiger partial charge in [0.15, 0.2) is 0 Å². The van der Waals surface area contributed by atoms with Crippen molar-refractivity contribution in [2.24, 2.45) is 0 Å². The molecule has 3 nitrogen and oxygen atoms in total. The highest BCUT2D eigenvalue weighted by Crippen LogP contribution is 2.30. The molecule has 0 amide bonds. The average Bonchev–Trinajstić information content (AvgIpc) is 2.94. The Bertz CT molecular complexity index is 408. The van der Waals surface area contributed by atoms with Crippen molar-refractivity contribution in [3.05, 3.63) is 15.6 Å². The van der Waals surface area contributed by atoms with Crippen LogP contribution in [0.2, 0.25) is 0 Å². The molecule has 2 heterocycles. The summed E-state index contributed by atoms with van der Waals surface area (Å²) in [6, 6.07) is 1.70. The molecule has 0 aromatic carbocycles. The standard InChI is InChI=1S/C15H27N3S/c1-10(2)18(9-14-7-6-8-16-14)12(4)15-11(3)17-13(5)19-15/h10,12,14,16H,6-9H2,1-5H3. The predicted molar refractivity (Wildman–Crippen MR) is 82.9 cm³/mol. The van der Waals surface area contributed by atoms with Crippen LogP contribution in [0.15, 0.2) is 0 Å². The second-order valence-corrected chi connectivity index (χ2v) is 7.18. The minimum Gasteiger partial charge on any atom is -0.313 e. The van der Waals surface area contributed by atoms with Crippen molar-refractivity contribution in [3.8, 4) is 0 Å². The molecule has 1 N–H and O–H groups in total. The van der Waals surface area contributed by atoms with Gasteiger partial charge >= 0.3 is 0 Å². The summed E-state index contributed by atoms with van der Waals surface area (Å²) < 4.78 is 0. The van der Waals surface area contributed by atoms with Crippen LogP contribution in [-0.2, 0) is 0 Å². The molecule has 1 aromatic rings. The quantitative estimate of drug-likeness (QED) is 0.897. The second-order valence-electron chi connectivity index (χ2n) is 5.94. The second kappa shape index (κ2) is 6.33. The van der Waals surface area contributed by atoms with Gasteiger partial charge in [0.05, 0.1) is 10.7 Å². The molecule has 0 spiro atoms. The van der Waals surface area contributed by atoms with E-state index in [1.54, 1.807) is 0 Å². The van der Waals surface area contributed by atoms with Crippen LogP contribution in [0.5, 0.6) is 0 Å². The Hall–Kier alpha value is -0.450. The number of thiazole rings is 1. The normalized spacial score (nSPS) is 21.5. The minimum atomic E-state index is 0.466. The van der Waals surface area contributed by atoms with Crippen LogP contribution in [0.25, 0.3) is 0 Å². The third kappa shape index (κ3) is 3.56. The smallest absolute Gasteiger partial charge is 0.0900 e. The van der Waals surface area contributed by atoms with Gasteiger partial charge in [-0.2, -0.15) is 0 Å². The van der Waals surface area contributed by atoms with Crippen LogP contribution in [0.1, 0.15) is 55.2 Å². The zero-order valence-electron chi connectivity index (χ0n) is 12.9. The summed E-state index contributed by atoms with van der Waals surface area (Å²) in [5.41, 5.74) is 1.21. The first-order valence-electron chi connectivity index (χ1n) is 7.42. The summed E-state index contributed by atoms with van der Waals surface area (Å²) in [6.45, 7) is 13.5. The van der Waals surface area contributed by atoms with Crippen LogP contribution in [-0.4, -0.2) is 35.1 Å². The number of hydrogen-bond acceptors (Lipinski definition) is 4. The van der Waals surface area contributed by atoms with Crippen molar-refractivity contribution in [3.63, 3.8) is 0 Å². The SMILES string of the molecule is Cc1nc(C)c(C(C)N(CC2CCCN2)C(C)C)s1. The monoisotopic (exact) mass is 281 g/mol. The number of aryl methyl sites for hydroxylation is 2. The van der Waals surface area contributed by atoms with Crippen molar-refractivity contribution in [1.82, 2.24) is 15.2 Å². The van der Waals surface area contributed by atoms with Crippen molar-refractivity contribution in [2.45, 2.75) is 65.6 Å². The van der Waals surface area contributed by atoms with Crippen LogP contribution in [0.3, 0.4) is 0 Å². The lowest BCUT2D eigenvalue weighted by atomic mass is 10.1. The molecule has 0 bridgehead atoms. The van der Waals surface area contributed by atoms with Crippen LogP contribution in [0, 0.1) is 13.8 Å². The van der Waals surface area contributed by atoms with Gasteiger partial charge in [-0.1, -0.05) is 0 Å². The Morgan fingerprint density at radius 1 is 1.37 bits per heavy atom. The predicted octanol–water partition coefficient (Wildman–Crippen LogP) is 3.28. The summed E-state index contributed by atoms with van der Waals surface area (Å²) in [7, 11) is 0. The highest BCUT2D eigenvalue weighted by molar-refractivity contribution is 7.11. The van der Waals surface area contributed by atoms with Crippen LogP contribution in [0.4, 0.5) is 0 Å². The van der Waals surface area contributed by atoms with Gasteiger partial charge in [0, 0.05) is 29.5 Å². The first kappa shape index (κ1) is 14.9. The third-order valence-electron chi connectivity index (χ3n) is 4.07. The van der Waals surface area contributed by atoms with E-state index < -0.39 is 0 Å². The maximum Gasteiger partial charge on any atom is 0.0900 e. The number of aromatic nitrogens is 1. The summed E-state index contributed by atoms with van der Waals surface area (Å²) >= 11 is 1.85. The molecule has 0 saturated carbocycles. The van der Waals surface area contributed by atoms with E-state index in [9.17, 15) is 0 Å². The van der Waals surface area contributed by atoms with Crippen molar-refractivity contribution in [1.29, 1.82) is 0 Å². The first-order chi connectivity index (χ1) is 8.99. The maximum atomic E-state index is 4.58. The molecule has 0 aliphatic carbocycles. The first-order valence-corrected chi connectivity index (χ1v) is 8.23. The fraction of sp³-hybridized carbons (Fsp3) is 0.800. The summed E-state index contributed by atoms with van der Waals surface area (Å²) in [4.78, 5) is 8.63. The molecule has 1 aliphatic heterocycles. The maximum absolute atomic E-state index is 4.58. The average molecular weight is 281 g/mol.